The first-order chi connectivity index (χ1) is 6.40. The van der Waals surface area contributed by atoms with Gasteiger partial charge in [0.1, 0.15) is 18.2 Å². The van der Waals surface area contributed by atoms with Crippen molar-refractivity contribution < 1.29 is 4.79 Å². The third-order valence-corrected chi connectivity index (χ3v) is 1.98. The first kappa shape index (κ1) is 7.98. The van der Waals surface area contributed by atoms with E-state index >= 15 is 0 Å². The molecule has 0 radical (unpaired) electrons. The van der Waals surface area contributed by atoms with Gasteiger partial charge in [0.25, 0.3) is 0 Å². The zero-order valence-corrected chi connectivity index (χ0v) is 7.10. The molecule has 0 fully saturated rings. The molecule has 0 aliphatic carbocycles. The average molecular weight is 174 g/mol. The van der Waals surface area contributed by atoms with Crippen LogP contribution in [0, 0.1) is 0 Å². The fourth-order valence-corrected chi connectivity index (χ4v) is 1.31. The Morgan fingerprint density at radius 1 is 1.38 bits per heavy atom. The van der Waals surface area contributed by atoms with Crippen molar-refractivity contribution in [2.45, 2.75) is 6.04 Å². The Labute approximate surface area is 76.5 Å². The standard InChI is InChI=1S/C10H10N2O/c13-7-9-6-11-10(12-9)8-4-2-1-3-5-8/h1-5,7,9H,6H2,(H,11,12). The van der Waals surface area contributed by atoms with E-state index in [0.29, 0.717) is 6.54 Å². The van der Waals surface area contributed by atoms with Crippen LogP contribution in [-0.2, 0) is 4.79 Å². The van der Waals surface area contributed by atoms with E-state index in [1.165, 1.54) is 0 Å². The van der Waals surface area contributed by atoms with Crippen molar-refractivity contribution in [2.75, 3.05) is 6.54 Å². The summed E-state index contributed by atoms with van der Waals surface area (Å²) in [4.78, 5) is 14.7. The maximum Gasteiger partial charge on any atom is 0.146 e. The highest BCUT2D eigenvalue weighted by Gasteiger charge is 2.15. The number of nitrogens with one attached hydrogen (secondary N) is 1. The van der Waals surface area contributed by atoms with E-state index in [2.05, 4.69) is 10.3 Å². The molecule has 13 heavy (non-hydrogen) atoms. The summed E-state index contributed by atoms with van der Waals surface area (Å²) in [6.07, 6.45) is 0.864. The molecule has 2 rings (SSSR count). The molecule has 0 saturated heterocycles. The molecule has 1 aromatic carbocycles. The molecule has 0 saturated carbocycles. The Morgan fingerprint density at radius 2 is 2.15 bits per heavy atom. The predicted octanol–water partition coefficient (Wildman–Crippen LogP) is 0.604. The van der Waals surface area contributed by atoms with Gasteiger partial charge in [-0.25, -0.2) is 0 Å². The van der Waals surface area contributed by atoms with Crippen LogP contribution >= 0.6 is 0 Å². The second kappa shape index (κ2) is 3.39. The number of nitrogens with zero attached hydrogens (tertiary/aromatic N) is 1. The fraction of sp³-hybridized carbons (Fsp3) is 0.200. The van der Waals surface area contributed by atoms with Gasteiger partial charge in [0.15, 0.2) is 0 Å². The maximum absolute atomic E-state index is 10.4. The summed E-state index contributed by atoms with van der Waals surface area (Å²) in [5.41, 5.74) is 1.03. The summed E-state index contributed by atoms with van der Waals surface area (Å²) in [5.74, 6) is 0.817. The van der Waals surface area contributed by atoms with Crippen LogP contribution in [-0.4, -0.2) is 24.7 Å². The van der Waals surface area contributed by atoms with Crippen molar-refractivity contribution in [1.29, 1.82) is 0 Å². The average Bonchev–Trinajstić information content (AvgIpc) is 2.67. The second-order valence-electron chi connectivity index (χ2n) is 2.93. The van der Waals surface area contributed by atoms with Crippen LogP contribution < -0.4 is 5.32 Å². The number of benzene rings is 1. The first-order valence-corrected chi connectivity index (χ1v) is 4.22. The van der Waals surface area contributed by atoms with Gasteiger partial charge in [-0.1, -0.05) is 30.3 Å². The third kappa shape index (κ3) is 1.59. The highest BCUT2D eigenvalue weighted by Crippen LogP contribution is 2.05. The minimum atomic E-state index is -0.213. The Bertz CT molecular complexity index is 332. The predicted molar refractivity (Wildman–Crippen MR) is 50.8 cm³/mol. The topological polar surface area (TPSA) is 41.5 Å². The summed E-state index contributed by atoms with van der Waals surface area (Å²) >= 11 is 0. The number of amidine groups is 1. The van der Waals surface area contributed by atoms with E-state index < -0.39 is 0 Å². The number of hydrogen-bond donors (Lipinski definition) is 1. The molecule has 1 aromatic rings. The Hall–Kier alpha value is -1.64. The lowest BCUT2D eigenvalue weighted by atomic mass is 10.2. The molecular weight excluding hydrogens is 164 g/mol. The van der Waals surface area contributed by atoms with Crippen LogP contribution in [0.1, 0.15) is 5.56 Å². The van der Waals surface area contributed by atoms with Gasteiger partial charge in [-0.3, -0.25) is 4.99 Å². The summed E-state index contributed by atoms with van der Waals surface area (Å²) in [7, 11) is 0. The normalized spacial score (nSPS) is 20.6. The lowest BCUT2D eigenvalue weighted by Crippen LogP contribution is -2.22. The highest BCUT2D eigenvalue weighted by molar-refractivity contribution is 6.01. The number of aldehydes is 1. The first-order valence-electron chi connectivity index (χ1n) is 4.22. The van der Waals surface area contributed by atoms with E-state index in [9.17, 15) is 4.79 Å². The van der Waals surface area contributed by atoms with E-state index in [-0.39, 0.29) is 6.04 Å². The molecule has 0 spiro atoms. The Balaban J connectivity index is 2.24. The quantitative estimate of drug-likeness (QED) is 0.667. The summed E-state index contributed by atoms with van der Waals surface area (Å²) in [5, 5.41) is 3.09. The molecule has 1 unspecified atom stereocenters. The minimum Gasteiger partial charge on any atom is -0.367 e. The Morgan fingerprint density at radius 3 is 2.77 bits per heavy atom. The number of hydrogen-bond acceptors (Lipinski definition) is 3. The van der Waals surface area contributed by atoms with Crippen LogP contribution in [0.25, 0.3) is 0 Å². The zero-order valence-electron chi connectivity index (χ0n) is 7.10. The van der Waals surface area contributed by atoms with Crippen molar-refractivity contribution in [3.8, 4) is 0 Å². The van der Waals surface area contributed by atoms with E-state index in [1.807, 2.05) is 30.3 Å². The molecule has 1 N–H and O–H groups in total. The molecule has 0 bridgehead atoms. The molecule has 1 aliphatic heterocycles. The largest absolute Gasteiger partial charge is 0.367 e. The summed E-state index contributed by atoms with van der Waals surface area (Å²) in [6, 6.07) is 9.59. The minimum absolute atomic E-state index is 0.213. The van der Waals surface area contributed by atoms with E-state index in [0.717, 1.165) is 17.7 Å². The third-order valence-electron chi connectivity index (χ3n) is 1.98. The van der Waals surface area contributed by atoms with Gasteiger partial charge in [-0.15, -0.1) is 0 Å². The fourth-order valence-electron chi connectivity index (χ4n) is 1.31. The van der Waals surface area contributed by atoms with Gasteiger partial charge >= 0.3 is 0 Å². The lowest BCUT2D eigenvalue weighted by molar-refractivity contribution is -0.108. The number of carbonyl (C=O) groups excluding carboxylic acids is 1. The van der Waals surface area contributed by atoms with E-state index in [4.69, 9.17) is 0 Å². The van der Waals surface area contributed by atoms with Gasteiger partial charge in [-0.2, -0.15) is 0 Å². The van der Waals surface area contributed by atoms with Crippen LogP contribution in [0.3, 0.4) is 0 Å². The van der Waals surface area contributed by atoms with E-state index in [1.54, 1.807) is 0 Å². The number of carbonyl (C=O) groups is 1. The van der Waals surface area contributed by atoms with Gasteiger partial charge in [0.05, 0.1) is 0 Å². The molecule has 1 atom stereocenters. The smallest absolute Gasteiger partial charge is 0.146 e. The number of rotatable bonds is 2. The second-order valence-corrected chi connectivity index (χ2v) is 2.93. The maximum atomic E-state index is 10.4. The molecule has 0 amide bonds. The number of aliphatic imine (C=N–C) groups is 1. The SMILES string of the molecule is O=CC1CNC(c2ccccc2)=N1. The molecule has 3 nitrogen and oxygen atoms in total. The van der Waals surface area contributed by atoms with Gasteiger partial charge in [0.2, 0.25) is 0 Å². The molecule has 0 aromatic heterocycles. The zero-order chi connectivity index (χ0) is 9.10. The molecular formula is C10H10N2O. The summed E-state index contributed by atoms with van der Waals surface area (Å²) in [6.45, 7) is 0.619. The molecule has 3 heteroatoms. The summed E-state index contributed by atoms with van der Waals surface area (Å²) < 4.78 is 0. The van der Waals surface area contributed by atoms with Gasteiger partial charge in [-0.05, 0) is 0 Å². The lowest BCUT2D eigenvalue weighted by Gasteiger charge is -1.99. The Kier molecular flexibility index (Phi) is 2.08. The van der Waals surface area contributed by atoms with Crippen molar-refractivity contribution in [2.24, 2.45) is 4.99 Å². The van der Waals surface area contributed by atoms with Crippen molar-refractivity contribution in [1.82, 2.24) is 5.32 Å². The van der Waals surface area contributed by atoms with Crippen LogP contribution in [0.2, 0.25) is 0 Å². The van der Waals surface area contributed by atoms with Crippen LogP contribution in [0.15, 0.2) is 35.3 Å². The monoisotopic (exact) mass is 174 g/mol. The van der Waals surface area contributed by atoms with Crippen molar-refractivity contribution >= 4 is 12.1 Å². The van der Waals surface area contributed by atoms with Crippen molar-refractivity contribution in [3.63, 3.8) is 0 Å². The van der Waals surface area contributed by atoms with Crippen LogP contribution in [0.4, 0.5) is 0 Å². The van der Waals surface area contributed by atoms with Crippen LogP contribution in [0.5, 0.6) is 0 Å². The molecule has 1 aliphatic rings. The molecule has 1 heterocycles. The van der Waals surface area contributed by atoms with Crippen molar-refractivity contribution in [3.05, 3.63) is 35.9 Å². The van der Waals surface area contributed by atoms with Gasteiger partial charge in [0, 0.05) is 12.1 Å². The molecule has 66 valence electrons. The van der Waals surface area contributed by atoms with Gasteiger partial charge < -0.3 is 10.1 Å². The highest BCUT2D eigenvalue weighted by atomic mass is 16.1.